The summed E-state index contributed by atoms with van der Waals surface area (Å²) in [5.41, 5.74) is 1.01. The quantitative estimate of drug-likeness (QED) is 0.512. The molecule has 0 radical (unpaired) electrons. The minimum atomic E-state index is -0.613. The van der Waals surface area contributed by atoms with E-state index in [1.54, 1.807) is 30.4 Å². The Bertz CT molecular complexity index is 907. The van der Waals surface area contributed by atoms with Gasteiger partial charge in [0.2, 0.25) is 0 Å². The molecule has 0 saturated heterocycles. The van der Waals surface area contributed by atoms with Crippen LogP contribution in [-0.4, -0.2) is 15.9 Å². The van der Waals surface area contributed by atoms with E-state index in [1.165, 1.54) is 11.0 Å². The molecule has 0 aliphatic heterocycles. The molecule has 0 amide bonds. The Hall–Kier alpha value is -2.21. The second-order valence-electron chi connectivity index (χ2n) is 6.45. The number of allylic oxidation sites excluding steroid dienone is 3. The number of rotatable bonds is 4. The number of aromatic amines is 1. The van der Waals surface area contributed by atoms with Crippen LogP contribution in [0.4, 0.5) is 0 Å². The van der Waals surface area contributed by atoms with Crippen LogP contribution in [0.3, 0.4) is 0 Å². The van der Waals surface area contributed by atoms with E-state index in [4.69, 9.17) is 4.74 Å². The maximum atomic E-state index is 12.6. The second-order valence-corrected chi connectivity index (χ2v) is 7.53. The molecule has 0 spiro atoms. The van der Waals surface area contributed by atoms with E-state index in [-0.39, 0.29) is 5.56 Å². The highest BCUT2D eigenvalue weighted by atomic mass is 32.1. The number of esters is 1. The summed E-state index contributed by atoms with van der Waals surface area (Å²) in [6.07, 6.45) is 8.95. The number of aromatic nitrogens is 2. The summed E-state index contributed by atoms with van der Waals surface area (Å²) in [5, 5.41) is 0.710. The molecule has 1 N–H and O–H groups in total. The third kappa shape index (κ3) is 3.74. The number of hydrogen-bond donors (Lipinski definition) is 1. The highest BCUT2D eigenvalue weighted by molar-refractivity contribution is 7.18. The van der Waals surface area contributed by atoms with E-state index in [1.807, 2.05) is 13.0 Å². The van der Waals surface area contributed by atoms with Crippen molar-refractivity contribution in [3.8, 4) is 0 Å². The van der Waals surface area contributed by atoms with Crippen LogP contribution in [0.1, 0.15) is 49.6 Å². The van der Waals surface area contributed by atoms with Gasteiger partial charge in [-0.1, -0.05) is 25.2 Å². The van der Waals surface area contributed by atoms with Gasteiger partial charge in [-0.3, -0.25) is 4.79 Å². The van der Waals surface area contributed by atoms with Crippen molar-refractivity contribution < 1.29 is 9.53 Å². The van der Waals surface area contributed by atoms with Gasteiger partial charge < -0.3 is 9.72 Å². The normalized spacial score (nSPS) is 18.8. The smallest absolute Gasteiger partial charge is 0.331 e. The van der Waals surface area contributed by atoms with Gasteiger partial charge in [0.05, 0.1) is 5.39 Å². The van der Waals surface area contributed by atoms with Crippen LogP contribution in [0.2, 0.25) is 0 Å². The Labute approximate surface area is 150 Å². The Morgan fingerprint density at radius 3 is 3.00 bits per heavy atom. The Morgan fingerprint density at radius 2 is 2.24 bits per heavy atom. The SMILES string of the molecule is C/C=C/C=C/C(=O)O[C@H](C)c1nc2sc3c(c2c(=O)[nH]1)CC[C@@H](C)C3. The van der Waals surface area contributed by atoms with Crippen LogP contribution >= 0.6 is 11.3 Å². The predicted octanol–water partition coefficient (Wildman–Crippen LogP) is 3.85. The van der Waals surface area contributed by atoms with Gasteiger partial charge in [-0.25, -0.2) is 9.78 Å². The first-order valence-electron chi connectivity index (χ1n) is 8.54. The number of carbonyl (C=O) groups excluding carboxylic acids is 1. The van der Waals surface area contributed by atoms with Gasteiger partial charge in [0.25, 0.3) is 5.56 Å². The Balaban J connectivity index is 1.88. The molecule has 5 nitrogen and oxygen atoms in total. The Kier molecular flexibility index (Phi) is 5.18. The maximum absolute atomic E-state index is 12.6. The Morgan fingerprint density at radius 1 is 1.44 bits per heavy atom. The third-order valence-electron chi connectivity index (χ3n) is 4.40. The minimum Gasteiger partial charge on any atom is -0.451 e. The zero-order valence-corrected chi connectivity index (χ0v) is 15.5. The molecule has 132 valence electrons. The summed E-state index contributed by atoms with van der Waals surface area (Å²) in [6, 6.07) is 0. The molecule has 1 aliphatic carbocycles. The molecule has 1 aliphatic rings. The van der Waals surface area contributed by atoms with E-state index in [9.17, 15) is 9.59 Å². The first-order valence-corrected chi connectivity index (χ1v) is 9.35. The van der Waals surface area contributed by atoms with Gasteiger partial charge in [0.15, 0.2) is 11.9 Å². The topological polar surface area (TPSA) is 72.0 Å². The van der Waals surface area contributed by atoms with Gasteiger partial charge >= 0.3 is 5.97 Å². The van der Waals surface area contributed by atoms with Crippen LogP contribution in [0.15, 0.2) is 29.1 Å². The van der Waals surface area contributed by atoms with Crippen molar-refractivity contribution in [2.45, 2.75) is 46.1 Å². The highest BCUT2D eigenvalue weighted by Gasteiger charge is 2.24. The van der Waals surface area contributed by atoms with Gasteiger partial charge in [0.1, 0.15) is 4.83 Å². The summed E-state index contributed by atoms with van der Waals surface area (Å²) < 4.78 is 5.32. The third-order valence-corrected chi connectivity index (χ3v) is 5.55. The molecule has 2 aromatic rings. The van der Waals surface area contributed by atoms with Gasteiger partial charge in [-0.2, -0.15) is 0 Å². The molecule has 6 heteroatoms. The maximum Gasteiger partial charge on any atom is 0.331 e. The van der Waals surface area contributed by atoms with Crippen molar-refractivity contribution in [1.82, 2.24) is 9.97 Å². The van der Waals surface area contributed by atoms with Crippen molar-refractivity contribution in [3.05, 3.63) is 50.9 Å². The predicted molar refractivity (Wildman–Crippen MR) is 99.9 cm³/mol. The summed E-state index contributed by atoms with van der Waals surface area (Å²) in [7, 11) is 0. The fraction of sp³-hybridized carbons (Fsp3) is 0.421. The van der Waals surface area contributed by atoms with Gasteiger partial charge in [-0.05, 0) is 44.6 Å². The van der Waals surface area contributed by atoms with Gasteiger partial charge in [0, 0.05) is 11.0 Å². The number of hydrogen-bond acceptors (Lipinski definition) is 5. The lowest BCUT2D eigenvalue weighted by Crippen LogP contribution is -2.17. The summed E-state index contributed by atoms with van der Waals surface area (Å²) in [6.45, 7) is 5.81. The van der Waals surface area contributed by atoms with Crippen molar-refractivity contribution in [1.29, 1.82) is 0 Å². The van der Waals surface area contributed by atoms with E-state index in [0.29, 0.717) is 17.1 Å². The molecular formula is C19H22N2O3S. The fourth-order valence-corrected chi connectivity index (χ4v) is 4.46. The van der Waals surface area contributed by atoms with Gasteiger partial charge in [-0.15, -0.1) is 11.3 Å². The number of fused-ring (bicyclic) bond motifs is 3. The summed E-state index contributed by atoms with van der Waals surface area (Å²) in [4.78, 5) is 33.7. The van der Waals surface area contributed by atoms with Crippen molar-refractivity contribution >= 4 is 27.5 Å². The molecule has 25 heavy (non-hydrogen) atoms. The van der Waals surface area contributed by atoms with Crippen LogP contribution in [0.25, 0.3) is 10.2 Å². The molecule has 0 bridgehead atoms. The fourth-order valence-electron chi connectivity index (χ4n) is 3.07. The van der Waals surface area contributed by atoms with Crippen LogP contribution in [0, 0.1) is 5.92 Å². The standard InChI is InChI=1S/C19H22N2O3S/c1-4-5-6-7-15(22)24-12(3)17-20-18(23)16-13-9-8-11(2)10-14(13)25-19(16)21-17/h4-7,11-12H,8-10H2,1-3H3,(H,20,21,23)/b5-4+,7-6+/t11-,12-/m1/s1. The number of H-pyrrole nitrogens is 1. The van der Waals surface area contributed by atoms with E-state index < -0.39 is 12.1 Å². The van der Waals surface area contributed by atoms with Crippen LogP contribution in [-0.2, 0) is 22.4 Å². The average Bonchev–Trinajstić information content (AvgIpc) is 2.92. The minimum absolute atomic E-state index is 0.139. The van der Waals surface area contributed by atoms with Crippen molar-refractivity contribution in [3.63, 3.8) is 0 Å². The number of ether oxygens (including phenoxy) is 1. The van der Waals surface area contributed by atoms with Crippen molar-refractivity contribution in [2.24, 2.45) is 5.92 Å². The number of thiophene rings is 1. The summed E-state index contributed by atoms with van der Waals surface area (Å²) in [5.74, 6) is 0.563. The molecule has 2 heterocycles. The molecule has 2 atom stereocenters. The lowest BCUT2D eigenvalue weighted by molar-refractivity contribution is -0.142. The zero-order chi connectivity index (χ0) is 18.0. The summed E-state index contributed by atoms with van der Waals surface area (Å²) >= 11 is 1.59. The molecule has 3 rings (SSSR count). The van der Waals surface area contributed by atoms with Crippen LogP contribution < -0.4 is 5.56 Å². The first kappa shape index (κ1) is 17.6. The van der Waals surface area contributed by atoms with E-state index in [2.05, 4.69) is 16.9 Å². The molecule has 0 saturated carbocycles. The number of carbonyl (C=O) groups is 1. The number of aryl methyl sites for hydroxylation is 1. The molecule has 0 aromatic carbocycles. The average molecular weight is 358 g/mol. The molecule has 2 aromatic heterocycles. The number of nitrogens with one attached hydrogen (secondary N) is 1. The monoisotopic (exact) mass is 358 g/mol. The highest BCUT2D eigenvalue weighted by Crippen LogP contribution is 2.35. The van der Waals surface area contributed by atoms with Crippen molar-refractivity contribution in [2.75, 3.05) is 0 Å². The van der Waals surface area contributed by atoms with E-state index >= 15 is 0 Å². The van der Waals surface area contributed by atoms with E-state index in [0.717, 1.165) is 29.7 Å². The lowest BCUT2D eigenvalue weighted by Gasteiger charge is -2.17. The second kappa shape index (κ2) is 7.35. The van der Waals surface area contributed by atoms with Crippen LogP contribution in [0.5, 0.6) is 0 Å². The first-order chi connectivity index (χ1) is 12.0. The molecule has 0 fully saturated rings. The zero-order valence-electron chi connectivity index (χ0n) is 14.7. The molecular weight excluding hydrogens is 336 g/mol. The molecule has 0 unspecified atom stereocenters. The lowest BCUT2D eigenvalue weighted by atomic mass is 9.89. The number of nitrogens with zero attached hydrogens (tertiary/aromatic N) is 1. The largest absolute Gasteiger partial charge is 0.451 e.